The molecule has 2 aromatic carbocycles. The van der Waals surface area contributed by atoms with Crippen molar-refractivity contribution in [1.29, 1.82) is 0 Å². The fraction of sp³-hybridized carbons (Fsp3) is 0.278. The lowest BCUT2D eigenvalue weighted by Gasteiger charge is -2.46. The number of hydrogen-bond acceptors (Lipinski definition) is 2. The molecule has 1 atom stereocenters. The number of rotatable bonds is 3. The van der Waals surface area contributed by atoms with Crippen LogP contribution >= 0.6 is 15.9 Å². The summed E-state index contributed by atoms with van der Waals surface area (Å²) in [5.41, 5.74) is 2.17. The molecule has 1 amide bonds. The van der Waals surface area contributed by atoms with Crippen LogP contribution in [-0.2, 0) is 5.66 Å². The van der Waals surface area contributed by atoms with Gasteiger partial charge in [-0.1, -0.05) is 47.1 Å². The van der Waals surface area contributed by atoms with Gasteiger partial charge in [-0.2, -0.15) is 0 Å². The monoisotopic (exact) mass is 358 g/mol. The summed E-state index contributed by atoms with van der Waals surface area (Å²) in [6.07, 6.45) is 0.918. The van der Waals surface area contributed by atoms with Crippen LogP contribution in [0.25, 0.3) is 0 Å². The van der Waals surface area contributed by atoms with E-state index >= 15 is 0 Å². The number of carbonyl (C=O) groups is 1. The number of halogens is 1. The summed E-state index contributed by atoms with van der Waals surface area (Å²) in [5.74, 6) is 0.0848. The number of nitrogens with zero attached hydrogens (tertiary/aromatic N) is 1. The zero-order valence-electron chi connectivity index (χ0n) is 12.8. The number of nitrogens with one attached hydrogen (secondary N) is 1. The number of amides is 1. The Hall–Kier alpha value is -1.81. The number of hydrogen-bond donors (Lipinski definition) is 1. The molecule has 0 radical (unpaired) electrons. The summed E-state index contributed by atoms with van der Waals surface area (Å²) in [6.45, 7) is 4.88. The second-order valence-electron chi connectivity index (χ2n) is 5.71. The van der Waals surface area contributed by atoms with E-state index in [0.29, 0.717) is 6.54 Å². The molecule has 22 heavy (non-hydrogen) atoms. The van der Waals surface area contributed by atoms with E-state index in [1.807, 2.05) is 41.3 Å². The van der Waals surface area contributed by atoms with E-state index in [2.05, 4.69) is 47.2 Å². The average molecular weight is 359 g/mol. The van der Waals surface area contributed by atoms with E-state index in [-0.39, 0.29) is 5.91 Å². The smallest absolute Gasteiger partial charge is 0.258 e. The zero-order chi connectivity index (χ0) is 15.7. The molecular formula is C18H19BrN2O. The number of carbonyl (C=O) groups excluding carboxylic acids is 1. The van der Waals surface area contributed by atoms with Gasteiger partial charge in [-0.15, -0.1) is 0 Å². The van der Waals surface area contributed by atoms with Gasteiger partial charge in [-0.05, 0) is 43.2 Å². The SMILES string of the molecule is CCCN1C(=O)c2ccccc2NC1(C)c1ccc(Br)cc1. The summed E-state index contributed by atoms with van der Waals surface area (Å²) in [4.78, 5) is 14.9. The standard InChI is InChI=1S/C18H19BrN2O/c1-3-12-21-17(22)15-6-4-5-7-16(15)20-18(21,2)13-8-10-14(19)11-9-13/h4-11,20H,3,12H2,1-2H3. The van der Waals surface area contributed by atoms with E-state index < -0.39 is 5.66 Å². The molecule has 1 unspecified atom stereocenters. The molecule has 3 nitrogen and oxygen atoms in total. The Balaban J connectivity index is 2.12. The highest BCUT2D eigenvalue weighted by atomic mass is 79.9. The third-order valence-electron chi connectivity index (χ3n) is 4.17. The summed E-state index contributed by atoms with van der Waals surface area (Å²) in [7, 11) is 0. The number of benzene rings is 2. The first-order chi connectivity index (χ1) is 10.6. The molecule has 0 bridgehead atoms. The van der Waals surface area contributed by atoms with Crippen LogP contribution in [0.1, 0.15) is 36.2 Å². The molecule has 3 rings (SSSR count). The first kappa shape index (κ1) is 15.1. The van der Waals surface area contributed by atoms with E-state index in [9.17, 15) is 4.79 Å². The van der Waals surface area contributed by atoms with Crippen LogP contribution in [0.5, 0.6) is 0 Å². The Morgan fingerprint density at radius 2 is 1.82 bits per heavy atom. The molecule has 2 aromatic rings. The van der Waals surface area contributed by atoms with Gasteiger partial charge >= 0.3 is 0 Å². The summed E-state index contributed by atoms with van der Waals surface area (Å²) in [6, 6.07) is 15.8. The second-order valence-corrected chi connectivity index (χ2v) is 6.62. The van der Waals surface area contributed by atoms with Gasteiger partial charge in [0.25, 0.3) is 5.91 Å². The van der Waals surface area contributed by atoms with Crippen molar-refractivity contribution in [1.82, 2.24) is 4.90 Å². The predicted molar refractivity (Wildman–Crippen MR) is 92.9 cm³/mol. The van der Waals surface area contributed by atoms with Crippen LogP contribution in [0.3, 0.4) is 0 Å². The Morgan fingerprint density at radius 3 is 2.50 bits per heavy atom. The molecule has 114 valence electrons. The van der Waals surface area contributed by atoms with Crippen molar-refractivity contribution < 1.29 is 4.79 Å². The lowest BCUT2D eigenvalue weighted by molar-refractivity contribution is 0.0535. The van der Waals surface area contributed by atoms with Gasteiger partial charge in [0.05, 0.1) is 5.56 Å². The van der Waals surface area contributed by atoms with Gasteiger partial charge in [0.2, 0.25) is 0 Å². The molecule has 0 aromatic heterocycles. The van der Waals surface area contributed by atoms with Crippen molar-refractivity contribution >= 4 is 27.5 Å². The molecule has 0 fully saturated rings. The maximum atomic E-state index is 12.9. The van der Waals surface area contributed by atoms with Gasteiger partial charge in [-0.3, -0.25) is 4.79 Å². The van der Waals surface area contributed by atoms with Gasteiger partial charge < -0.3 is 10.2 Å². The van der Waals surface area contributed by atoms with Crippen LogP contribution in [0.2, 0.25) is 0 Å². The quantitative estimate of drug-likeness (QED) is 0.869. The minimum atomic E-state index is -0.540. The van der Waals surface area contributed by atoms with Crippen molar-refractivity contribution in [2.24, 2.45) is 0 Å². The van der Waals surface area contributed by atoms with Gasteiger partial charge in [-0.25, -0.2) is 0 Å². The highest BCUT2D eigenvalue weighted by molar-refractivity contribution is 9.10. The molecule has 1 aliphatic rings. The number of para-hydroxylation sites is 1. The van der Waals surface area contributed by atoms with Crippen LogP contribution in [-0.4, -0.2) is 17.4 Å². The molecule has 0 spiro atoms. The highest BCUT2D eigenvalue weighted by Gasteiger charge is 2.41. The fourth-order valence-electron chi connectivity index (χ4n) is 3.01. The third-order valence-corrected chi connectivity index (χ3v) is 4.70. The minimum Gasteiger partial charge on any atom is -0.358 e. The van der Waals surface area contributed by atoms with E-state index in [4.69, 9.17) is 0 Å². The van der Waals surface area contributed by atoms with Gasteiger partial charge in [0.1, 0.15) is 5.66 Å². The summed E-state index contributed by atoms with van der Waals surface area (Å²) >= 11 is 3.47. The Morgan fingerprint density at radius 1 is 1.14 bits per heavy atom. The van der Waals surface area contributed by atoms with E-state index in [1.54, 1.807) is 0 Å². The maximum absolute atomic E-state index is 12.9. The minimum absolute atomic E-state index is 0.0848. The van der Waals surface area contributed by atoms with Gasteiger partial charge in [0.15, 0.2) is 0 Å². The van der Waals surface area contributed by atoms with Crippen LogP contribution in [0.15, 0.2) is 53.0 Å². The normalized spacial score (nSPS) is 20.5. The summed E-state index contributed by atoms with van der Waals surface area (Å²) < 4.78 is 1.03. The Kier molecular flexibility index (Phi) is 3.96. The number of fused-ring (bicyclic) bond motifs is 1. The molecule has 0 aliphatic carbocycles. The molecule has 1 aliphatic heterocycles. The van der Waals surface area contributed by atoms with Crippen LogP contribution < -0.4 is 5.32 Å². The average Bonchev–Trinajstić information content (AvgIpc) is 2.52. The molecule has 0 saturated carbocycles. The molecule has 4 heteroatoms. The van der Waals surface area contributed by atoms with Crippen molar-refractivity contribution in [3.05, 3.63) is 64.1 Å². The third kappa shape index (κ3) is 2.41. The van der Waals surface area contributed by atoms with Crippen molar-refractivity contribution in [3.63, 3.8) is 0 Å². The Labute approximate surface area is 139 Å². The van der Waals surface area contributed by atoms with Gasteiger partial charge in [0, 0.05) is 16.7 Å². The van der Waals surface area contributed by atoms with Crippen LogP contribution in [0, 0.1) is 0 Å². The fourth-order valence-corrected chi connectivity index (χ4v) is 3.27. The molecule has 1 heterocycles. The van der Waals surface area contributed by atoms with E-state index in [0.717, 1.165) is 27.7 Å². The largest absolute Gasteiger partial charge is 0.358 e. The second kappa shape index (κ2) is 5.76. The van der Waals surface area contributed by atoms with Crippen molar-refractivity contribution in [3.8, 4) is 0 Å². The zero-order valence-corrected chi connectivity index (χ0v) is 14.4. The maximum Gasteiger partial charge on any atom is 0.258 e. The molecular weight excluding hydrogens is 340 g/mol. The predicted octanol–water partition coefficient (Wildman–Crippen LogP) is 4.60. The molecule has 1 N–H and O–H groups in total. The first-order valence-corrected chi connectivity index (χ1v) is 8.31. The van der Waals surface area contributed by atoms with E-state index in [1.165, 1.54) is 0 Å². The number of anilines is 1. The van der Waals surface area contributed by atoms with Crippen molar-refractivity contribution in [2.45, 2.75) is 25.9 Å². The first-order valence-electron chi connectivity index (χ1n) is 7.51. The molecule has 0 saturated heterocycles. The summed E-state index contributed by atoms with van der Waals surface area (Å²) in [5, 5.41) is 3.56. The topological polar surface area (TPSA) is 32.3 Å². The lowest BCUT2D eigenvalue weighted by atomic mass is 9.93. The lowest BCUT2D eigenvalue weighted by Crippen LogP contribution is -2.56. The highest BCUT2D eigenvalue weighted by Crippen LogP contribution is 2.38. The van der Waals surface area contributed by atoms with Crippen LogP contribution in [0.4, 0.5) is 5.69 Å². The van der Waals surface area contributed by atoms with Crippen molar-refractivity contribution in [2.75, 3.05) is 11.9 Å². The Bertz CT molecular complexity index is 698.